The molecule has 2 unspecified atom stereocenters. The number of sulfonamides is 1. The number of rotatable bonds is 5. The van der Waals surface area contributed by atoms with Crippen molar-refractivity contribution < 1.29 is 8.42 Å². The SMILES string of the molecule is CCn1cnc(S(=O)(=O)NC2(CN)CCCC(C)C2)c1. The number of aryl methyl sites for hydroxylation is 1. The third-order valence-corrected chi connectivity index (χ3v) is 5.55. The van der Waals surface area contributed by atoms with E-state index in [0.29, 0.717) is 19.0 Å². The van der Waals surface area contributed by atoms with Crippen molar-refractivity contribution in [3.05, 3.63) is 12.5 Å². The molecule has 6 nitrogen and oxygen atoms in total. The van der Waals surface area contributed by atoms with Gasteiger partial charge in [0, 0.05) is 24.8 Å². The summed E-state index contributed by atoms with van der Waals surface area (Å²) in [5, 5.41) is 0.0744. The predicted molar refractivity (Wildman–Crippen MR) is 77.6 cm³/mol. The highest BCUT2D eigenvalue weighted by Gasteiger charge is 2.38. The van der Waals surface area contributed by atoms with Crippen LogP contribution in [0.25, 0.3) is 0 Å². The number of aromatic nitrogens is 2. The molecular weight excluding hydrogens is 276 g/mol. The number of hydrogen-bond acceptors (Lipinski definition) is 4. The van der Waals surface area contributed by atoms with Crippen molar-refractivity contribution in [3.8, 4) is 0 Å². The van der Waals surface area contributed by atoms with Gasteiger partial charge in [-0.15, -0.1) is 0 Å². The van der Waals surface area contributed by atoms with E-state index in [2.05, 4.69) is 16.6 Å². The van der Waals surface area contributed by atoms with Crippen LogP contribution >= 0.6 is 0 Å². The molecule has 7 heteroatoms. The van der Waals surface area contributed by atoms with Gasteiger partial charge in [-0.2, -0.15) is 0 Å². The van der Waals surface area contributed by atoms with Crippen molar-refractivity contribution in [2.45, 2.75) is 56.6 Å². The molecular formula is C13H24N4O2S. The quantitative estimate of drug-likeness (QED) is 0.851. The summed E-state index contributed by atoms with van der Waals surface area (Å²) in [5.41, 5.74) is 5.34. The first-order valence-corrected chi connectivity index (χ1v) is 8.65. The summed E-state index contributed by atoms with van der Waals surface area (Å²) in [7, 11) is -3.61. The number of nitrogens with one attached hydrogen (secondary N) is 1. The maximum Gasteiger partial charge on any atom is 0.260 e. The van der Waals surface area contributed by atoms with Gasteiger partial charge in [-0.1, -0.05) is 19.8 Å². The zero-order valence-electron chi connectivity index (χ0n) is 12.2. The van der Waals surface area contributed by atoms with E-state index < -0.39 is 15.6 Å². The fourth-order valence-corrected chi connectivity index (χ4v) is 4.37. The van der Waals surface area contributed by atoms with Gasteiger partial charge in [-0.05, 0) is 25.7 Å². The molecule has 0 saturated heterocycles. The van der Waals surface area contributed by atoms with Gasteiger partial charge in [0.25, 0.3) is 10.0 Å². The van der Waals surface area contributed by atoms with Crippen molar-refractivity contribution in [2.24, 2.45) is 11.7 Å². The van der Waals surface area contributed by atoms with Crippen LogP contribution in [-0.2, 0) is 16.6 Å². The van der Waals surface area contributed by atoms with Crippen molar-refractivity contribution in [1.29, 1.82) is 0 Å². The third-order valence-electron chi connectivity index (χ3n) is 4.08. The Bertz CT molecular complexity index is 554. The molecule has 0 spiro atoms. The maximum atomic E-state index is 12.5. The molecule has 3 N–H and O–H groups in total. The highest BCUT2D eigenvalue weighted by atomic mass is 32.2. The molecule has 0 aliphatic heterocycles. The molecule has 1 aromatic rings. The van der Waals surface area contributed by atoms with Crippen LogP contribution in [-0.4, -0.2) is 30.1 Å². The lowest BCUT2D eigenvalue weighted by Crippen LogP contribution is -2.55. The van der Waals surface area contributed by atoms with Crippen molar-refractivity contribution in [1.82, 2.24) is 14.3 Å². The van der Waals surface area contributed by atoms with Crippen LogP contribution in [0, 0.1) is 5.92 Å². The minimum Gasteiger partial charge on any atom is -0.336 e. The summed E-state index contributed by atoms with van der Waals surface area (Å²) in [5.74, 6) is 0.489. The van der Waals surface area contributed by atoms with E-state index in [1.165, 1.54) is 6.33 Å². The molecule has 1 aliphatic rings. The standard InChI is InChI=1S/C13H24N4O2S/c1-3-17-8-12(15-10-17)20(18,19)16-13(9-14)6-4-5-11(2)7-13/h8,10-11,16H,3-7,9,14H2,1-2H3. The summed E-state index contributed by atoms with van der Waals surface area (Å²) in [6.45, 7) is 5.10. The lowest BCUT2D eigenvalue weighted by molar-refractivity contribution is 0.222. The van der Waals surface area contributed by atoms with Crippen molar-refractivity contribution >= 4 is 10.0 Å². The maximum absolute atomic E-state index is 12.5. The van der Waals surface area contributed by atoms with Gasteiger partial charge in [0.2, 0.25) is 0 Å². The van der Waals surface area contributed by atoms with Crippen molar-refractivity contribution in [3.63, 3.8) is 0 Å². The van der Waals surface area contributed by atoms with E-state index >= 15 is 0 Å². The topological polar surface area (TPSA) is 90.0 Å². The first-order valence-electron chi connectivity index (χ1n) is 7.16. The Kier molecular flexibility index (Phi) is 4.51. The molecule has 1 fully saturated rings. The second-order valence-electron chi connectivity index (χ2n) is 5.83. The zero-order chi connectivity index (χ0) is 14.8. The lowest BCUT2D eigenvalue weighted by atomic mass is 9.77. The van der Waals surface area contributed by atoms with Crippen molar-refractivity contribution in [2.75, 3.05) is 6.54 Å². The number of imidazole rings is 1. The van der Waals surface area contributed by atoms with Gasteiger partial charge in [-0.3, -0.25) is 0 Å². The zero-order valence-corrected chi connectivity index (χ0v) is 13.0. The molecule has 1 aromatic heterocycles. The molecule has 1 heterocycles. The number of hydrogen-bond donors (Lipinski definition) is 2. The highest BCUT2D eigenvalue weighted by Crippen LogP contribution is 2.32. The Morgan fingerprint density at radius 1 is 1.60 bits per heavy atom. The smallest absolute Gasteiger partial charge is 0.260 e. The van der Waals surface area contributed by atoms with Gasteiger partial charge in [0.05, 0.1) is 6.33 Å². The molecule has 0 bridgehead atoms. The van der Waals surface area contributed by atoms with Gasteiger partial charge < -0.3 is 10.3 Å². The molecule has 114 valence electrons. The number of nitrogens with two attached hydrogens (primary N) is 1. The molecule has 1 saturated carbocycles. The largest absolute Gasteiger partial charge is 0.336 e. The Hall–Kier alpha value is -0.920. The molecule has 2 atom stereocenters. The summed E-state index contributed by atoms with van der Waals surface area (Å²) < 4.78 is 29.5. The van der Waals surface area contributed by atoms with Crippen LogP contribution < -0.4 is 10.5 Å². The summed E-state index contributed by atoms with van der Waals surface area (Å²) in [6.07, 6.45) is 6.81. The molecule has 0 radical (unpaired) electrons. The van der Waals surface area contributed by atoms with E-state index in [1.807, 2.05) is 6.92 Å². The first-order chi connectivity index (χ1) is 9.41. The Labute approximate surface area is 120 Å². The van der Waals surface area contributed by atoms with Crippen LogP contribution in [0.2, 0.25) is 0 Å². The molecule has 0 amide bonds. The normalized spacial score (nSPS) is 27.6. The molecule has 20 heavy (non-hydrogen) atoms. The highest BCUT2D eigenvalue weighted by molar-refractivity contribution is 7.89. The van der Waals surface area contributed by atoms with Crippen LogP contribution in [0.4, 0.5) is 0 Å². The molecule has 2 rings (SSSR count). The lowest BCUT2D eigenvalue weighted by Gasteiger charge is -2.39. The average molecular weight is 300 g/mol. The molecule has 1 aliphatic carbocycles. The Balaban J connectivity index is 2.21. The summed E-state index contributed by atoms with van der Waals surface area (Å²) >= 11 is 0. The monoisotopic (exact) mass is 300 g/mol. The van der Waals surface area contributed by atoms with E-state index in [9.17, 15) is 8.42 Å². The van der Waals surface area contributed by atoms with Gasteiger partial charge in [0.1, 0.15) is 0 Å². The third kappa shape index (κ3) is 3.21. The van der Waals surface area contributed by atoms with Gasteiger partial charge in [-0.25, -0.2) is 18.1 Å². The van der Waals surface area contributed by atoms with Crippen LogP contribution in [0.3, 0.4) is 0 Å². The van der Waals surface area contributed by atoms with Crippen LogP contribution in [0.1, 0.15) is 39.5 Å². The fraction of sp³-hybridized carbons (Fsp3) is 0.769. The Morgan fingerprint density at radius 3 is 2.90 bits per heavy atom. The number of nitrogens with zero attached hydrogens (tertiary/aromatic N) is 2. The minimum atomic E-state index is -3.61. The van der Waals surface area contributed by atoms with Crippen LogP contribution in [0.15, 0.2) is 17.6 Å². The predicted octanol–water partition coefficient (Wildman–Crippen LogP) is 1.09. The summed E-state index contributed by atoms with van der Waals surface area (Å²) in [6, 6.07) is 0. The van der Waals surface area contributed by atoms with Crippen LogP contribution in [0.5, 0.6) is 0 Å². The van der Waals surface area contributed by atoms with E-state index in [1.54, 1.807) is 10.8 Å². The second-order valence-corrected chi connectivity index (χ2v) is 7.46. The van der Waals surface area contributed by atoms with E-state index in [0.717, 1.165) is 25.7 Å². The molecule has 0 aromatic carbocycles. The van der Waals surface area contributed by atoms with Gasteiger partial charge >= 0.3 is 0 Å². The minimum absolute atomic E-state index is 0.0744. The van der Waals surface area contributed by atoms with Gasteiger partial charge in [0.15, 0.2) is 5.03 Å². The first kappa shape index (κ1) is 15.5. The van der Waals surface area contributed by atoms with E-state index in [-0.39, 0.29) is 5.03 Å². The summed E-state index contributed by atoms with van der Waals surface area (Å²) in [4.78, 5) is 3.98. The fourth-order valence-electron chi connectivity index (χ4n) is 2.97. The Morgan fingerprint density at radius 2 is 2.35 bits per heavy atom. The van der Waals surface area contributed by atoms with E-state index in [4.69, 9.17) is 5.73 Å². The average Bonchev–Trinajstić information content (AvgIpc) is 2.88. The second kappa shape index (κ2) is 5.83.